The Morgan fingerprint density at radius 2 is 2.25 bits per heavy atom. The molecule has 6 heteroatoms. The summed E-state index contributed by atoms with van der Waals surface area (Å²) in [5.41, 5.74) is 0.809. The summed E-state index contributed by atoms with van der Waals surface area (Å²) in [4.78, 5) is 21.5. The molecule has 0 aromatic heterocycles. The Morgan fingerprint density at radius 1 is 1.50 bits per heavy atom. The van der Waals surface area contributed by atoms with Crippen molar-refractivity contribution in [2.45, 2.75) is 17.5 Å². The van der Waals surface area contributed by atoms with E-state index in [0.29, 0.717) is 0 Å². The third-order valence-electron chi connectivity index (χ3n) is 2.37. The lowest BCUT2D eigenvalue weighted by Gasteiger charge is -2.08. The molecular weight excluding hydrogens is 228 g/mol. The lowest BCUT2D eigenvalue weighted by atomic mass is 10.2. The van der Waals surface area contributed by atoms with Gasteiger partial charge in [-0.05, 0) is 12.5 Å². The number of thioether (sulfide) groups is 1. The van der Waals surface area contributed by atoms with Gasteiger partial charge in [-0.2, -0.15) is 0 Å². The molecule has 1 aliphatic rings. The van der Waals surface area contributed by atoms with Crippen molar-refractivity contribution in [2.75, 3.05) is 0 Å². The first-order chi connectivity index (χ1) is 7.58. The Bertz CT molecular complexity index is 449. The molecule has 1 aromatic carbocycles. The van der Waals surface area contributed by atoms with Crippen molar-refractivity contribution >= 4 is 23.4 Å². The quantitative estimate of drug-likeness (QED) is 0.630. The molecule has 2 rings (SSSR count). The zero-order valence-corrected chi connectivity index (χ0v) is 9.36. The molecule has 84 valence electrons. The molecule has 0 radical (unpaired) electrons. The summed E-state index contributed by atoms with van der Waals surface area (Å²) in [6.07, 6.45) is 0. The molecule has 5 nitrogen and oxygen atoms in total. The van der Waals surface area contributed by atoms with Gasteiger partial charge in [0.25, 0.3) is 5.69 Å². The summed E-state index contributed by atoms with van der Waals surface area (Å²) in [5.74, 6) is -0.0264. The molecule has 0 unspecified atom stereocenters. The molecule has 0 spiro atoms. The maximum Gasteiger partial charge on any atom is 0.269 e. The summed E-state index contributed by atoms with van der Waals surface area (Å²) in [5, 5.41) is 13.1. The number of carbonyl (C=O) groups is 1. The normalized spacial score (nSPS) is 24.2. The van der Waals surface area contributed by atoms with E-state index in [2.05, 4.69) is 5.32 Å². The Labute approximate surface area is 96.4 Å². The molecule has 1 fully saturated rings. The molecule has 0 aliphatic carbocycles. The predicted molar refractivity (Wildman–Crippen MR) is 61.0 cm³/mol. The van der Waals surface area contributed by atoms with Gasteiger partial charge in [-0.25, -0.2) is 0 Å². The summed E-state index contributed by atoms with van der Waals surface area (Å²) in [6.45, 7) is 1.82. The Hall–Kier alpha value is -1.56. The van der Waals surface area contributed by atoms with Crippen LogP contribution in [0.2, 0.25) is 0 Å². The second-order valence-corrected chi connectivity index (χ2v) is 4.97. The van der Waals surface area contributed by atoms with E-state index in [1.165, 1.54) is 23.9 Å². The van der Waals surface area contributed by atoms with E-state index in [4.69, 9.17) is 0 Å². The molecule has 1 heterocycles. The number of amides is 1. The lowest BCUT2D eigenvalue weighted by Crippen LogP contribution is -2.22. The number of carbonyl (C=O) groups excluding carboxylic acids is 1. The van der Waals surface area contributed by atoms with E-state index < -0.39 is 4.92 Å². The zero-order chi connectivity index (χ0) is 11.7. The van der Waals surface area contributed by atoms with Gasteiger partial charge in [-0.1, -0.05) is 12.1 Å². The summed E-state index contributed by atoms with van der Waals surface area (Å²) in [6, 6.07) is 6.34. The van der Waals surface area contributed by atoms with Gasteiger partial charge in [-0.15, -0.1) is 11.8 Å². The van der Waals surface area contributed by atoms with Crippen molar-refractivity contribution in [1.29, 1.82) is 0 Å². The van der Waals surface area contributed by atoms with Gasteiger partial charge in [-0.3, -0.25) is 14.9 Å². The van der Waals surface area contributed by atoms with Crippen LogP contribution in [0.15, 0.2) is 24.3 Å². The molecule has 0 saturated carbocycles. The van der Waals surface area contributed by atoms with Gasteiger partial charge >= 0.3 is 0 Å². The molecule has 0 bridgehead atoms. The van der Waals surface area contributed by atoms with Crippen LogP contribution in [-0.2, 0) is 4.79 Å². The van der Waals surface area contributed by atoms with E-state index in [9.17, 15) is 14.9 Å². The number of hydrogen-bond donors (Lipinski definition) is 1. The third-order valence-corrected chi connectivity index (χ3v) is 3.65. The molecule has 1 saturated heterocycles. The van der Waals surface area contributed by atoms with Crippen molar-refractivity contribution in [3.63, 3.8) is 0 Å². The van der Waals surface area contributed by atoms with Crippen LogP contribution in [0, 0.1) is 10.1 Å². The van der Waals surface area contributed by atoms with Crippen LogP contribution < -0.4 is 5.32 Å². The number of nitrogens with one attached hydrogen (secondary N) is 1. The number of benzene rings is 1. The van der Waals surface area contributed by atoms with Crippen molar-refractivity contribution in [2.24, 2.45) is 0 Å². The first-order valence-electron chi connectivity index (χ1n) is 4.78. The number of nitro groups is 1. The minimum Gasteiger partial charge on any atom is -0.339 e. The summed E-state index contributed by atoms with van der Waals surface area (Å²) >= 11 is 1.46. The van der Waals surface area contributed by atoms with Gasteiger partial charge in [0.2, 0.25) is 5.91 Å². The highest BCUT2D eigenvalue weighted by atomic mass is 32.2. The van der Waals surface area contributed by atoms with E-state index >= 15 is 0 Å². The summed E-state index contributed by atoms with van der Waals surface area (Å²) in [7, 11) is 0. The fourth-order valence-electron chi connectivity index (χ4n) is 1.51. The van der Waals surface area contributed by atoms with Gasteiger partial charge in [0.05, 0.1) is 10.2 Å². The van der Waals surface area contributed by atoms with Gasteiger partial charge in [0.15, 0.2) is 0 Å². The van der Waals surface area contributed by atoms with E-state index in [1.807, 2.05) is 6.92 Å². The standard InChI is InChI=1S/C10H10N2O3S/c1-6-9(13)11-10(16-6)7-3-2-4-8(5-7)12(14)15/h2-6,10H,1H3,(H,11,13)/t6-,10+/m0/s1. The van der Waals surface area contributed by atoms with Crippen molar-refractivity contribution < 1.29 is 9.72 Å². The Balaban J connectivity index is 2.25. The van der Waals surface area contributed by atoms with Gasteiger partial charge in [0, 0.05) is 12.1 Å². The van der Waals surface area contributed by atoms with E-state index in [-0.39, 0.29) is 22.2 Å². The van der Waals surface area contributed by atoms with Crippen LogP contribution in [0.4, 0.5) is 5.69 Å². The third kappa shape index (κ3) is 2.01. The van der Waals surface area contributed by atoms with Crippen molar-refractivity contribution in [1.82, 2.24) is 5.32 Å². The number of non-ortho nitro benzene ring substituents is 1. The average molecular weight is 238 g/mol. The molecule has 2 atom stereocenters. The molecule has 1 aromatic rings. The van der Waals surface area contributed by atoms with Gasteiger partial charge in [0.1, 0.15) is 5.37 Å². The SMILES string of the molecule is C[C@@H]1S[C@H](c2cccc([N+](=O)[O-])c2)NC1=O. The minimum absolute atomic E-state index is 0.0264. The largest absolute Gasteiger partial charge is 0.339 e. The van der Waals surface area contributed by atoms with Crippen molar-refractivity contribution in [3.05, 3.63) is 39.9 Å². The molecule has 16 heavy (non-hydrogen) atoms. The van der Waals surface area contributed by atoms with Crippen LogP contribution in [-0.4, -0.2) is 16.1 Å². The first kappa shape index (κ1) is 10.9. The smallest absolute Gasteiger partial charge is 0.269 e. The number of hydrogen-bond acceptors (Lipinski definition) is 4. The minimum atomic E-state index is -0.436. The highest BCUT2D eigenvalue weighted by molar-refractivity contribution is 8.01. The second-order valence-electron chi connectivity index (χ2n) is 3.52. The predicted octanol–water partition coefficient (Wildman–Crippen LogP) is 1.84. The maximum atomic E-state index is 11.3. The van der Waals surface area contributed by atoms with Crippen LogP contribution in [0.25, 0.3) is 0 Å². The monoisotopic (exact) mass is 238 g/mol. The van der Waals surface area contributed by atoms with Crippen LogP contribution >= 0.6 is 11.8 Å². The van der Waals surface area contributed by atoms with Crippen LogP contribution in [0.5, 0.6) is 0 Å². The number of rotatable bonds is 2. The molecular formula is C10H10N2O3S. The Morgan fingerprint density at radius 3 is 2.81 bits per heavy atom. The van der Waals surface area contributed by atoms with E-state index in [1.54, 1.807) is 12.1 Å². The maximum absolute atomic E-state index is 11.3. The number of nitrogens with zero attached hydrogens (tertiary/aromatic N) is 1. The van der Waals surface area contributed by atoms with Crippen LogP contribution in [0.1, 0.15) is 17.9 Å². The summed E-state index contributed by atoms with van der Waals surface area (Å²) < 4.78 is 0. The van der Waals surface area contributed by atoms with E-state index in [0.717, 1.165) is 5.56 Å². The van der Waals surface area contributed by atoms with Gasteiger partial charge < -0.3 is 5.32 Å². The molecule has 1 N–H and O–H groups in total. The molecule has 1 amide bonds. The zero-order valence-electron chi connectivity index (χ0n) is 8.54. The highest BCUT2D eigenvalue weighted by Crippen LogP contribution is 2.36. The fourth-order valence-corrected chi connectivity index (χ4v) is 2.60. The Kier molecular flexibility index (Phi) is 2.82. The number of nitro benzene ring substituents is 1. The average Bonchev–Trinajstić information content (AvgIpc) is 2.59. The molecule has 1 aliphatic heterocycles. The van der Waals surface area contributed by atoms with Crippen molar-refractivity contribution in [3.8, 4) is 0 Å². The fraction of sp³-hybridized carbons (Fsp3) is 0.300. The first-order valence-corrected chi connectivity index (χ1v) is 5.72. The van der Waals surface area contributed by atoms with Crippen LogP contribution in [0.3, 0.4) is 0 Å². The lowest BCUT2D eigenvalue weighted by molar-refractivity contribution is -0.384. The topological polar surface area (TPSA) is 72.2 Å². The second kappa shape index (κ2) is 4.13. The highest BCUT2D eigenvalue weighted by Gasteiger charge is 2.30.